The number of rotatable bonds is 5. The van der Waals surface area contributed by atoms with Gasteiger partial charge in [0.2, 0.25) is 0 Å². The van der Waals surface area contributed by atoms with Crippen molar-refractivity contribution in [1.82, 2.24) is 15.0 Å². The molecule has 1 N–H and O–H groups in total. The van der Waals surface area contributed by atoms with Gasteiger partial charge >= 0.3 is 0 Å². The van der Waals surface area contributed by atoms with Crippen LogP contribution in [0.4, 0.5) is 5.82 Å². The Balaban J connectivity index is 1.57. The minimum atomic E-state index is 0.178. The highest BCUT2D eigenvalue weighted by Gasteiger charge is 2.17. The van der Waals surface area contributed by atoms with Crippen molar-refractivity contribution < 1.29 is 9.47 Å². The molecular weight excluding hydrogens is 256 g/mol. The van der Waals surface area contributed by atoms with E-state index in [1.807, 2.05) is 12.1 Å². The van der Waals surface area contributed by atoms with Crippen LogP contribution in [0.3, 0.4) is 0 Å². The van der Waals surface area contributed by atoms with Gasteiger partial charge < -0.3 is 14.8 Å². The summed E-state index contributed by atoms with van der Waals surface area (Å²) in [5.74, 6) is 0.789. The van der Waals surface area contributed by atoms with Crippen molar-refractivity contribution in [2.45, 2.75) is 25.5 Å². The molecule has 106 valence electrons. The van der Waals surface area contributed by atoms with Gasteiger partial charge in [-0.25, -0.2) is 9.97 Å². The van der Waals surface area contributed by atoms with Crippen LogP contribution in [0.25, 0.3) is 11.2 Å². The van der Waals surface area contributed by atoms with Gasteiger partial charge in [0.1, 0.15) is 11.3 Å². The summed E-state index contributed by atoms with van der Waals surface area (Å²) in [4.78, 5) is 12.8. The van der Waals surface area contributed by atoms with Crippen LogP contribution in [0.5, 0.6) is 0 Å². The number of ether oxygens (including phenoxy) is 2. The molecule has 0 spiro atoms. The number of nitrogens with zero attached hydrogens (tertiary/aromatic N) is 3. The Bertz CT molecular complexity index is 572. The highest BCUT2D eigenvalue weighted by atomic mass is 16.5. The Morgan fingerprint density at radius 1 is 1.40 bits per heavy atom. The van der Waals surface area contributed by atoms with E-state index in [4.69, 9.17) is 9.47 Å². The zero-order chi connectivity index (χ0) is 13.8. The number of nitrogens with one attached hydrogen (secondary N) is 1. The van der Waals surface area contributed by atoms with E-state index in [2.05, 4.69) is 27.2 Å². The summed E-state index contributed by atoms with van der Waals surface area (Å²) in [6.45, 7) is 4.21. The summed E-state index contributed by atoms with van der Waals surface area (Å²) < 4.78 is 11.1. The molecule has 2 aromatic rings. The molecule has 6 nitrogen and oxygen atoms in total. The van der Waals surface area contributed by atoms with Crippen molar-refractivity contribution in [3.63, 3.8) is 0 Å². The average molecular weight is 274 g/mol. The molecule has 0 amide bonds. The topological polar surface area (TPSA) is 69.2 Å². The van der Waals surface area contributed by atoms with Gasteiger partial charge in [-0.1, -0.05) is 0 Å². The second kappa shape index (κ2) is 6.11. The molecule has 3 heterocycles. The summed E-state index contributed by atoms with van der Waals surface area (Å²) in [6.07, 6.45) is 4.52. The molecule has 1 aliphatic rings. The first-order chi connectivity index (χ1) is 9.81. The van der Waals surface area contributed by atoms with E-state index in [1.165, 1.54) is 0 Å². The lowest BCUT2D eigenvalue weighted by Gasteiger charge is -2.17. The van der Waals surface area contributed by atoms with Crippen molar-refractivity contribution in [1.29, 1.82) is 0 Å². The van der Waals surface area contributed by atoms with Crippen molar-refractivity contribution in [2.24, 2.45) is 0 Å². The maximum absolute atomic E-state index is 5.78. The van der Waals surface area contributed by atoms with Crippen molar-refractivity contribution in [3.8, 4) is 0 Å². The minimum Gasteiger partial charge on any atom is -0.379 e. The molecule has 2 atom stereocenters. The SMILES string of the molecule is CC(COC1CCOC1)Nc1ccc2nccnc2n1. The van der Waals surface area contributed by atoms with Gasteiger partial charge in [-0.15, -0.1) is 0 Å². The summed E-state index contributed by atoms with van der Waals surface area (Å²) in [7, 11) is 0. The Labute approximate surface area is 117 Å². The van der Waals surface area contributed by atoms with Crippen LogP contribution in [-0.2, 0) is 9.47 Å². The number of hydrogen-bond donors (Lipinski definition) is 1. The van der Waals surface area contributed by atoms with Crippen LogP contribution < -0.4 is 5.32 Å². The number of anilines is 1. The van der Waals surface area contributed by atoms with Crippen molar-refractivity contribution >= 4 is 17.0 Å². The molecule has 6 heteroatoms. The second-order valence-electron chi connectivity index (χ2n) is 4.96. The molecule has 20 heavy (non-hydrogen) atoms. The highest BCUT2D eigenvalue weighted by molar-refractivity contribution is 5.71. The first kappa shape index (κ1) is 13.2. The quantitative estimate of drug-likeness (QED) is 0.893. The Morgan fingerprint density at radius 2 is 2.30 bits per heavy atom. The molecule has 0 bridgehead atoms. The second-order valence-corrected chi connectivity index (χ2v) is 4.96. The number of fused-ring (bicyclic) bond motifs is 1. The van der Waals surface area contributed by atoms with Gasteiger partial charge in [0.25, 0.3) is 0 Å². The Morgan fingerprint density at radius 3 is 3.15 bits per heavy atom. The van der Waals surface area contributed by atoms with Crippen LogP contribution in [0.2, 0.25) is 0 Å². The van der Waals surface area contributed by atoms with Gasteiger partial charge in [-0.3, -0.25) is 4.98 Å². The predicted molar refractivity (Wildman–Crippen MR) is 75.6 cm³/mol. The molecule has 0 aliphatic carbocycles. The van der Waals surface area contributed by atoms with Gasteiger partial charge in [-0.2, -0.15) is 0 Å². The lowest BCUT2D eigenvalue weighted by atomic mass is 10.3. The standard InChI is InChI=1S/C14H18N4O2/c1-10(8-20-11-4-7-19-9-11)17-13-3-2-12-14(18-13)16-6-5-15-12/h2-3,5-6,10-11H,4,7-9H2,1H3,(H,16,17,18). The molecule has 0 aromatic carbocycles. The van der Waals surface area contributed by atoms with E-state index in [0.717, 1.165) is 24.4 Å². The fourth-order valence-electron chi connectivity index (χ4n) is 2.15. The number of aromatic nitrogens is 3. The fourth-order valence-corrected chi connectivity index (χ4v) is 2.15. The monoisotopic (exact) mass is 274 g/mol. The maximum atomic E-state index is 5.78. The number of pyridine rings is 1. The van der Waals surface area contributed by atoms with E-state index < -0.39 is 0 Å². The fraction of sp³-hybridized carbons (Fsp3) is 0.500. The third kappa shape index (κ3) is 3.20. The van der Waals surface area contributed by atoms with E-state index >= 15 is 0 Å². The van der Waals surface area contributed by atoms with Crippen LogP contribution >= 0.6 is 0 Å². The largest absolute Gasteiger partial charge is 0.379 e. The molecule has 3 rings (SSSR count). The van der Waals surface area contributed by atoms with Crippen molar-refractivity contribution in [3.05, 3.63) is 24.5 Å². The smallest absolute Gasteiger partial charge is 0.180 e. The minimum absolute atomic E-state index is 0.178. The van der Waals surface area contributed by atoms with Gasteiger partial charge in [-0.05, 0) is 25.5 Å². The van der Waals surface area contributed by atoms with Crippen LogP contribution in [0.15, 0.2) is 24.5 Å². The Hall–Kier alpha value is -1.79. The third-order valence-electron chi connectivity index (χ3n) is 3.20. The predicted octanol–water partition coefficient (Wildman–Crippen LogP) is 1.63. The first-order valence-corrected chi connectivity index (χ1v) is 6.85. The van der Waals surface area contributed by atoms with E-state index in [0.29, 0.717) is 18.9 Å². The normalized spacial score (nSPS) is 20.1. The third-order valence-corrected chi connectivity index (χ3v) is 3.20. The molecule has 1 fully saturated rings. The molecule has 0 radical (unpaired) electrons. The zero-order valence-electron chi connectivity index (χ0n) is 11.5. The maximum Gasteiger partial charge on any atom is 0.180 e. The van der Waals surface area contributed by atoms with Crippen LogP contribution in [0.1, 0.15) is 13.3 Å². The average Bonchev–Trinajstić information content (AvgIpc) is 2.98. The first-order valence-electron chi connectivity index (χ1n) is 6.85. The molecule has 1 aliphatic heterocycles. The highest BCUT2D eigenvalue weighted by Crippen LogP contribution is 2.12. The summed E-state index contributed by atoms with van der Waals surface area (Å²) >= 11 is 0. The number of hydrogen-bond acceptors (Lipinski definition) is 6. The molecule has 2 unspecified atom stereocenters. The molecule has 1 saturated heterocycles. The lowest BCUT2D eigenvalue weighted by Crippen LogP contribution is -2.26. The van der Waals surface area contributed by atoms with E-state index in [9.17, 15) is 0 Å². The summed E-state index contributed by atoms with van der Waals surface area (Å²) in [5.41, 5.74) is 1.44. The summed E-state index contributed by atoms with van der Waals surface area (Å²) in [6, 6.07) is 4.00. The molecular formula is C14H18N4O2. The molecule has 2 aromatic heterocycles. The van der Waals surface area contributed by atoms with Gasteiger partial charge in [0, 0.05) is 25.0 Å². The van der Waals surface area contributed by atoms with Crippen molar-refractivity contribution in [2.75, 3.05) is 25.1 Å². The van der Waals surface area contributed by atoms with Gasteiger partial charge in [0.05, 0.1) is 19.3 Å². The lowest BCUT2D eigenvalue weighted by molar-refractivity contribution is 0.0395. The zero-order valence-corrected chi connectivity index (χ0v) is 11.5. The van der Waals surface area contributed by atoms with Crippen LogP contribution in [0, 0.1) is 0 Å². The molecule has 0 saturated carbocycles. The Kier molecular flexibility index (Phi) is 4.03. The van der Waals surface area contributed by atoms with E-state index in [-0.39, 0.29) is 12.1 Å². The van der Waals surface area contributed by atoms with Crippen LogP contribution in [-0.4, -0.2) is 46.9 Å². The van der Waals surface area contributed by atoms with Gasteiger partial charge in [0.15, 0.2) is 5.65 Å². The summed E-state index contributed by atoms with van der Waals surface area (Å²) in [5, 5.41) is 3.31. The van der Waals surface area contributed by atoms with E-state index in [1.54, 1.807) is 12.4 Å².